The maximum Gasteiger partial charge on any atom is 0.119 e. The Labute approximate surface area is 236 Å². The van der Waals surface area contributed by atoms with E-state index in [1.54, 1.807) is 0 Å². The molecule has 0 aliphatic heterocycles. The summed E-state index contributed by atoms with van der Waals surface area (Å²) in [6, 6.07) is 8.44. The quantitative estimate of drug-likeness (QED) is 0.136. The fraction of sp³-hybridized carbons (Fsp3) is 0.800. The Morgan fingerprint density at radius 1 is 0.462 bits per heavy atom. The SMILES string of the molecule is CCCCCCCCc1ccc(OCCOCCOCCOCCOCCOCCOCCOCCN)cc1. The molecule has 0 aromatic heterocycles. The topological polar surface area (TPSA) is 99.9 Å². The number of rotatable bonds is 31. The zero-order valence-electron chi connectivity index (χ0n) is 24.4. The lowest BCUT2D eigenvalue weighted by molar-refractivity contribution is -0.0210. The van der Waals surface area contributed by atoms with Gasteiger partial charge in [0.25, 0.3) is 0 Å². The highest BCUT2D eigenvalue weighted by molar-refractivity contribution is 5.27. The van der Waals surface area contributed by atoms with Crippen LogP contribution >= 0.6 is 0 Å². The summed E-state index contributed by atoms with van der Waals surface area (Å²) < 4.78 is 43.8. The van der Waals surface area contributed by atoms with Crippen LogP contribution in [0.3, 0.4) is 0 Å². The van der Waals surface area contributed by atoms with Crippen molar-refractivity contribution in [1.82, 2.24) is 0 Å². The minimum atomic E-state index is 0.531. The van der Waals surface area contributed by atoms with E-state index >= 15 is 0 Å². The molecule has 0 unspecified atom stereocenters. The highest BCUT2D eigenvalue weighted by Crippen LogP contribution is 2.15. The molecule has 0 atom stereocenters. The van der Waals surface area contributed by atoms with Crippen LogP contribution in [0.2, 0.25) is 0 Å². The van der Waals surface area contributed by atoms with Crippen molar-refractivity contribution in [2.75, 3.05) is 106 Å². The molecular formula is C30H55NO8. The average molecular weight is 558 g/mol. The van der Waals surface area contributed by atoms with Crippen molar-refractivity contribution in [1.29, 1.82) is 0 Å². The predicted molar refractivity (Wildman–Crippen MR) is 154 cm³/mol. The van der Waals surface area contributed by atoms with E-state index in [0.29, 0.717) is 106 Å². The summed E-state index contributed by atoms with van der Waals surface area (Å²) in [5.41, 5.74) is 6.71. The van der Waals surface area contributed by atoms with Gasteiger partial charge in [0.2, 0.25) is 0 Å². The Morgan fingerprint density at radius 3 is 1.28 bits per heavy atom. The molecule has 2 N–H and O–H groups in total. The second-order valence-corrected chi connectivity index (χ2v) is 9.09. The van der Waals surface area contributed by atoms with Crippen LogP contribution in [0.4, 0.5) is 0 Å². The lowest BCUT2D eigenvalue weighted by Gasteiger charge is -2.09. The normalized spacial score (nSPS) is 11.3. The van der Waals surface area contributed by atoms with Crippen LogP contribution in [0.25, 0.3) is 0 Å². The van der Waals surface area contributed by atoms with E-state index < -0.39 is 0 Å². The summed E-state index contributed by atoms with van der Waals surface area (Å²) in [4.78, 5) is 0. The summed E-state index contributed by atoms with van der Waals surface area (Å²) in [6.07, 6.45) is 9.12. The first-order valence-electron chi connectivity index (χ1n) is 14.8. The fourth-order valence-electron chi connectivity index (χ4n) is 3.59. The van der Waals surface area contributed by atoms with Gasteiger partial charge in [-0.1, -0.05) is 51.2 Å². The molecular weight excluding hydrogens is 502 g/mol. The Hall–Kier alpha value is -1.30. The number of unbranched alkanes of at least 4 members (excludes halogenated alkanes) is 5. The van der Waals surface area contributed by atoms with Gasteiger partial charge in [0.1, 0.15) is 12.4 Å². The molecule has 1 rings (SSSR count). The molecule has 0 aliphatic rings. The lowest BCUT2D eigenvalue weighted by atomic mass is 10.0. The fourth-order valence-corrected chi connectivity index (χ4v) is 3.59. The van der Waals surface area contributed by atoms with Crippen LogP contribution in [-0.2, 0) is 39.6 Å². The number of nitrogens with two attached hydrogens (primary N) is 1. The van der Waals surface area contributed by atoms with E-state index in [0.717, 1.165) is 12.2 Å². The summed E-state index contributed by atoms with van der Waals surface area (Å²) in [6.45, 7) is 10.9. The van der Waals surface area contributed by atoms with E-state index in [-0.39, 0.29) is 0 Å². The Bertz CT molecular complexity index is 605. The Kier molecular flexibility index (Phi) is 27.2. The smallest absolute Gasteiger partial charge is 0.119 e. The van der Waals surface area contributed by atoms with Gasteiger partial charge in [-0.05, 0) is 30.5 Å². The van der Waals surface area contributed by atoms with Crippen molar-refractivity contribution in [3.8, 4) is 5.75 Å². The molecule has 0 saturated carbocycles. The van der Waals surface area contributed by atoms with Gasteiger partial charge in [0, 0.05) is 6.54 Å². The average Bonchev–Trinajstić information content (AvgIpc) is 2.96. The van der Waals surface area contributed by atoms with E-state index in [9.17, 15) is 0 Å². The molecule has 9 nitrogen and oxygen atoms in total. The zero-order valence-corrected chi connectivity index (χ0v) is 24.4. The monoisotopic (exact) mass is 557 g/mol. The van der Waals surface area contributed by atoms with Gasteiger partial charge in [-0.3, -0.25) is 0 Å². The summed E-state index contributed by atoms with van der Waals surface area (Å²) in [7, 11) is 0. The third-order valence-corrected chi connectivity index (χ3v) is 5.73. The number of ether oxygens (including phenoxy) is 8. The molecule has 1 aromatic carbocycles. The van der Waals surface area contributed by atoms with Crippen molar-refractivity contribution >= 4 is 0 Å². The highest BCUT2D eigenvalue weighted by atomic mass is 16.6. The second kappa shape index (κ2) is 29.7. The highest BCUT2D eigenvalue weighted by Gasteiger charge is 1.98. The molecule has 0 spiro atoms. The van der Waals surface area contributed by atoms with Crippen LogP contribution in [0, 0.1) is 0 Å². The molecule has 39 heavy (non-hydrogen) atoms. The molecule has 0 radical (unpaired) electrons. The summed E-state index contributed by atoms with van der Waals surface area (Å²) >= 11 is 0. The maximum absolute atomic E-state index is 5.76. The first-order chi connectivity index (χ1) is 19.4. The minimum absolute atomic E-state index is 0.531. The summed E-state index contributed by atoms with van der Waals surface area (Å²) in [5.74, 6) is 0.890. The van der Waals surface area contributed by atoms with Gasteiger partial charge < -0.3 is 43.6 Å². The number of aryl methyl sites for hydroxylation is 1. The molecule has 0 bridgehead atoms. The second-order valence-electron chi connectivity index (χ2n) is 9.09. The van der Waals surface area contributed by atoms with Gasteiger partial charge in [-0.25, -0.2) is 0 Å². The van der Waals surface area contributed by atoms with Crippen LogP contribution < -0.4 is 10.5 Å². The number of hydrogen-bond donors (Lipinski definition) is 1. The first-order valence-corrected chi connectivity index (χ1v) is 14.8. The van der Waals surface area contributed by atoms with E-state index in [4.69, 9.17) is 43.6 Å². The molecule has 0 aliphatic carbocycles. The van der Waals surface area contributed by atoms with E-state index in [1.807, 2.05) is 0 Å². The van der Waals surface area contributed by atoms with Gasteiger partial charge >= 0.3 is 0 Å². The molecule has 0 heterocycles. The van der Waals surface area contributed by atoms with Crippen LogP contribution in [0.15, 0.2) is 24.3 Å². The lowest BCUT2D eigenvalue weighted by Crippen LogP contribution is -2.15. The molecule has 9 heteroatoms. The summed E-state index contributed by atoms with van der Waals surface area (Å²) in [5, 5.41) is 0. The first kappa shape index (κ1) is 35.7. The minimum Gasteiger partial charge on any atom is -0.491 e. The van der Waals surface area contributed by atoms with Crippen LogP contribution in [-0.4, -0.2) is 106 Å². The molecule has 228 valence electrons. The number of hydrogen-bond acceptors (Lipinski definition) is 9. The third-order valence-electron chi connectivity index (χ3n) is 5.73. The standard InChI is InChI=1S/C30H55NO8/c1-2-3-4-5-6-7-8-29-9-11-30(12-10-29)39-28-27-38-26-25-37-24-23-36-22-21-35-20-19-34-18-17-33-16-15-32-14-13-31/h9-12H,2-8,13-28,31H2,1H3. The Balaban J connectivity index is 1.75. The van der Waals surface area contributed by atoms with Crippen molar-refractivity contribution in [2.24, 2.45) is 5.73 Å². The van der Waals surface area contributed by atoms with Gasteiger partial charge in [-0.15, -0.1) is 0 Å². The number of benzene rings is 1. The van der Waals surface area contributed by atoms with Gasteiger partial charge in [-0.2, -0.15) is 0 Å². The van der Waals surface area contributed by atoms with Gasteiger partial charge in [0.05, 0.1) is 92.5 Å². The Morgan fingerprint density at radius 2 is 0.846 bits per heavy atom. The van der Waals surface area contributed by atoms with Gasteiger partial charge in [0.15, 0.2) is 0 Å². The van der Waals surface area contributed by atoms with E-state index in [2.05, 4.69) is 31.2 Å². The maximum atomic E-state index is 5.76. The van der Waals surface area contributed by atoms with E-state index in [1.165, 1.54) is 44.1 Å². The van der Waals surface area contributed by atoms with Crippen molar-refractivity contribution < 1.29 is 37.9 Å². The van der Waals surface area contributed by atoms with Crippen molar-refractivity contribution in [3.05, 3.63) is 29.8 Å². The van der Waals surface area contributed by atoms with Crippen molar-refractivity contribution in [2.45, 2.75) is 51.9 Å². The van der Waals surface area contributed by atoms with Crippen molar-refractivity contribution in [3.63, 3.8) is 0 Å². The third kappa shape index (κ3) is 25.4. The molecule has 0 amide bonds. The zero-order chi connectivity index (χ0) is 27.9. The predicted octanol–water partition coefficient (Wildman–Crippen LogP) is 4.04. The largest absolute Gasteiger partial charge is 0.491 e. The van der Waals surface area contributed by atoms with Crippen LogP contribution in [0.1, 0.15) is 51.0 Å². The molecule has 0 saturated heterocycles. The van der Waals surface area contributed by atoms with Crippen LogP contribution in [0.5, 0.6) is 5.75 Å². The molecule has 1 aromatic rings. The molecule has 0 fully saturated rings.